The maximum Gasteiger partial charge on any atom is 0.132 e. The number of aryl methyl sites for hydroxylation is 1. The Kier molecular flexibility index (Phi) is 3.90. The van der Waals surface area contributed by atoms with Gasteiger partial charge in [-0.15, -0.1) is 11.3 Å². The molecule has 0 fully saturated rings. The normalized spacial score (nSPS) is 11.0. The number of halogens is 1. The Labute approximate surface area is 127 Å². The summed E-state index contributed by atoms with van der Waals surface area (Å²) in [5.41, 5.74) is 7.82. The summed E-state index contributed by atoms with van der Waals surface area (Å²) < 4.78 is 20.8. The van der Waals surface area contributed by atoms with Crippen LogP contribution in [0.4, 0.5) is 4.39 Å². The minimum atomic E-state index is -0.217. The Morgan fingerprint density at radius 3 is 2.62 bits per heavy atom. The van der Waals surface area contributed by atoms with E-state index in [9.17, 15) is 4.39 Å². The van der Waals surface area contributed by atoms with Crippen molar-refractivity contribution in [2.45, 2.75) is 20.1 Å². The molecule has 0 aliphatic heterocycles. The minimum absolute atomic E-state index is 0.217. The average molecular weight is 301 g/mol. The number of benzene rings is 2. The van der Waals surface area contributed by atoms with Crippen molar-refractivity contribution in [3.63, 3.8) is 0 Å². The van der Waals surface area contributed by atoms with E-state index in [4.69, 9.17) is 10.5 Å². The Bertz CT molecular complexity index is 764. The fourth-order valence-electron chi connectivity index (χ4n) is 2.32. The van der Waals surface area contributed by atoms with Crippen LogP contribution in [-0.4, -0.2) is 0 Å². The summed E-state index contributed by atoms with van der Waals surface area (Å²) in [4.78, 5) is 0.974. The predicted molar refractivity (Wildman–Crippen MR) is 85.2 cm³/mol. The number of fused-ring (bicyclic) bond motifs is 1. The molecule has 0 spiro atoms. The molecule has 0 saturated heterocycles. The average Bonchev–Trinajstić information content (AvgIpc) is 2.86. The molecule has 1 heterocycles. The first-order chi connectivity index (χ1) is 10.2. The molecule has 0 radical (unpaired) electrons. The fraction of sp³-hybridized carbons (Fsp3) is 0.176. The van der Waals surface area contributed by atoms with E-state index in [1.807, 2.05) is 37.3 Å². The van der Waals surface area contributed by atoms with Crippen LogP contribution in [0.2, 0.25) is 0 Å². The number of nitrogens with two attached hydrogens (primary N) is 1. The van der Waals surface area contributed by atoms with Crippen LogP contribution in [0.1, 0.15) is 16.0 Å². The molecule has 4 heteroatoms. The summed E-state index contributed by atoms with van der Waals surface area (Å²) in [6.07, 6.45) is 0. The highest BCUT2D eigenvalue weighted by Crippen LogP contribution is 2.33. The second-order valence-corrected chi connectivity index (χ2v) is 6.06. The van der Waals surface area contributed by atoms with Crippen molar-refractivity contribution in [2.75, 3.05) is 0 Å². The lowest BCUT2D eigenvalue weighted by atomic mass is 10.1. The molecule has 3 rings (SSSR count). The first kappa shape index (κ1) is 14.0. The maximum atomic E-state index is 14.1. The Morgan fingerprint density at radius 2 is 1.90 bits per heavy atom. The van der Waals surface area contributed by atoms with Crippen molar-refractivity contribution in [3.8, 4) is 5.75 Å². The largest absolute Gasteiger partial charge is 0.489 e. The summed E-state index contributed by atoms with van der Waals surface area (Å²) in [5.74, 6) is 0.560. The van der Waals surface area contributed by atoms with Gasteiger partial charge in [-0.3, -0.25) is 0 Å². The monoisotopic (exact) mass is 301 g/mol. The SMILES string of the molecule is Cc1ccc(OCc2c(CN)sc3cccc(F)c23)cc1. The van der Waals surface area contributed by atoms with Crippen LogP contribution >= 0.6 is 11.3 Å². The molecule has 0 aliphatic rings. The Balaban J connectivity index is 1.94. The van der Waals surface area contributed by atoms with Crippen LogP contribution in [0.25, 0.3) is 10.1 Å². The van der Waals surface area contributed by atoms with E-state index >= 15 is 0 Å². The molecule has 0 atom stereocenters. The highest BCUT2D eigenvalue weighted by molar-refractivity contribution is 7.19. The molecule has 2 aromatic carbocycles. The van der Waals surface area contributed by atoms with Crippen molar-refractivity contribution in [1.29, 1.82) is 0 Å². The quantitative estimate of drug-likeness (QED) is 0.776. The highest BCUT2D eigenvalue weighted by Gasteiger charge is 2.15. The van der Waals surface area contributed by atoms with Gasteiger partial charge in [-0.25, -0.2) is 4.39 Å². The highest BCUT2D eigenvalue weighted by atomic mass is 32.1. The zero-order chi connectivity index (χ0) is 14.8. The van der Waals surface area contributed by atoms with Gasteiger partial charge in [0, 0.05) is 27.1 Å². The third kappa shape index (κ3) is 2.77. The molecule has 108 valence electrons. The van der Waals surface area contributed by atoms with Gasteiger partial charge in [0.25, 0.3) is 0 Å². The summed E-state index contributed by atoms with van der Waals surface area (Å²) in [6.45, 7) is 2.75. The molecular weight excluding hydrogens is 285 g/mol. The summed E-state index contributed by atoms with van der Waals surface area (Å²) >= 11 is 1.53. The number of rotatable bonds is 4. The fourth-order valence-corrected chi connectivity index (χ4v) is 3.43. The lowest BCUT2D eigenvalue weighted by Crippen LogP contribution is -2.02. The van der Waals surface area contributed by atoms with Gasteiger partial charge >= 0.3 is 0 Å². The Hall–Kier alpha value is -1.91. The van der Waals surface area contributed by atoms with E-state index in [1.54, 1.807) is 6.07 Å². The Morgan fingerprint density at radius 1 is 1.14 bits per heavy atom. The van der Waals surface area contributed by atoms with Crippen molar-refractivity contribution >= 4 is 21.4 Å². The summed E-state index contributed by atoms with van der Waals surface area (Å²) in [5, 5.41) is 0.634. The number of hydrogen-bond donors (Lipinski definition) is 1. The van der Waals surface area contributed by atoms with Crippen LogP contribution in [-0.2, 0) is 13.2 Å². The molecule has 0 unspecified atom stereocenters. The number of hydrogen-bond acceptors (Lipinski definition) is 3. The molecule has 2 N–H and O–H groups in total. The van der Waals surface area contributed by atoms with Gasteiger partial charge in [0.2, 0.25) is 0 Å². The summed E-state index contributed by atoms with van der Waals surface area (Å²) in [6, 6.07) is 12.9. The van der Waals surface area contributed by atoms with Crippen LogP contribution in [0.3, 0.4) is 0 Å². The zero-order valence-corrected chi connectivity index (χ0v) is 12.5. The number of ether oxygens (including phenoxy) is 1. The van der Waals surface area contributed by atoms with Gasteiger partial charge in [-0.05, 0) is 31.2 Å². The molecular formula is C17H16FNOS. The predicted octanol–water partition coefficient (Wildman–Crippen LogP) is 4.39. The molecule has 21 heavy (non-hydrogen) atoms. The van der Waals surface area contributed by atoms with Crippen molar-refractivity contribution in [3.05, 3.63) is 64.3 Å². The van der Waals surface area contributed by atoms with Gasteiger partial charge in [-0.2, -0.15) is 0 Å². The van der Waals surface area contributed by atoms with Gasteiger partial charge < -0.3 is 10.5 Å². The van der Waals surface area contributed by atoms with Crippen molar-refractivity contribution in [1.82, 2.24) is 0 Å². The van der Waals surface area contributed by atoms with Crippen molar-refractivity contribution < 1.29 is 9.13 Å². The van der Waals surface area contributed by atoms with Crippen molar-refractivity contribution in [2.24, 2.45) is 5.73 Å². The third-order valence-electron chi connectivity index (χ3n) is 3.44. The van der Waals surface area contributed by atoms with Crippen LogP contribution in [0.5, 0.6) is 5.75 Å². The summed E-state index contributed by atoms with van der Waals surface area (Å²) in [7, 11) is 0. The molecule has 0 amide bonds. The third-order valence-corrected chi connectivity index (χ3v) is 4.66. The first-order valence-electron chi connectivity index (χ1n) is 6.77. The molecule has 0 saturated carbocycles. The lowest BCUT2D eigenvalue weighted by Gasteiger charge is -2.08. The van der Waals surface area contributed by atoms with Crippen LogP contribution in [0.15, 0.2) is 42.5 Å². The molecule has 3 aromatic rings. The molecule has 0 bridgehead atoms. The minimum Gasteiger partial charge on any atom is -0.489 e. The van der Waals surface area contributed by atoms with E-state index < -0.39 is 0 Å². The van der Waals surface area contributed by atoms with Gasteiger partial charge in [0.15, 0.2) is 0 Å². The van der Waals surface area contributed by atoms with E-state index in [0.717, 1.165) is 20.9 Å². The standard InChI is InChI=1S/C17H16FNOS/c1-11-5-7-12(8-6-11)20-10-13-16(9-19)21-15-4-2-3-14(18)17(13)15/h2-8H,9-10,19H2,1H3. The topological polar surface area (TPSA) is 35.2 Å². The number of thiophene rings is 1. The van der Waals surface area contributed by atoms with Gasteiger partial charge in [0.05, 0.1) is 0 Å². The molecule has 1 aromatic heterocycles. The van der Waals surface area contributed by atoms with E-state index in [-0.39, 0.29) is 5.82 Å². The maximum absolute atomic E-state index is 14.1. The molecule has 0 aliphatic carbocycles. The zero-order valence-electron chi connectivity index (χ0n) is 11.7. The lowest BCUT2D eigenvalue weighted by molar-refractivity contribution is 0.306. The molecule has 2 nitrogen and oxygen atoms in total. The van der Waals surface area contributed by atoms with Crippen LogP contribution in [0, 0.1) is 12.7 Å². The van der Waals surface area contributed by atoms with E-state index in [0.29, 0.717) is 18.5 Å². The van der Waals surface area contributed by atoms with E-state index in [1.165, 1.54) is 23.0 Å². The second kappa shape index (κ2) is 5.84. The smallest absolute Gasteiger partial charge is 0.132 e. The van der Waals surface area contributed by atoms with E-state index in [2.05, 4.69) is 0 Å². The van der Waals surface area contributed by atoms with Gasteiger partial charge in [0.1, 0.15) is 18.2 Å². The first-order valence-corrected chi connectivity index (χ1v) is 7.59. The van der Waals surface area contributed by atoms with Crippen LogP contribution < -0.4 is 10.5 Å². The second-order valence-electron chi connectivity index (χ2n) is 4.92. The van der Waals surface area contributed by atoms with Gasteiger partial charge in [-0.1, -0.05) is 23.8 Å².